The third kappa shape index (κ3) is 4.45. The van der Waals surface area contributed by atoms with Crippen LogP contribution in [0.5, 0.6) is 5.75 Å². The Labute approximate surface area is 182 Å². The number of benzene rings is 2. The number of carbonyl (C=O) groups excluding carboxylic acids is 2. The summed E-state index contributed by atoms with van der Waals surface area (Å²) in [4.78, 5) is 31.3. The van der Waals surface area contributed by atoms with E-state index in [0.29, 0.717) is 13.0 Å². The second-order valence-corrected chi connectivity index (χ2v) is 8.14. The Hall–Kier alpha value is -2.57. The normalized spacial score (nSPS) is 20.1. The van der Waals surface area contributed by atoms with E-state index < -0.39 is 0 Å². The van der Waals surface area contributed by atoms with Crippen molar-refractivity contribution in [1.29, 1.82) is 0 Å². The van der Waals surface area contributed by atoms with Gasteiger partial charge in [-0.25, -0.2) is 0 Å². The highest BCUT2D eigenvalue weighted by Crippen LogP contribution is 2.24. The van der Waals surface area contributed by atoms with Gasteiger partial charge in [-0.15, -0.1) is 0 Å². The van der Waals surface area contributed by atoms with Gasteiger partial charge < -0.3 is 9.64 Å². The van der Waals surface area contributed by atoms with Crippen molar-refractivity contribution in [2.45, 2.75) is 18.9 Å². The van der Waals surface area contributed by atoms with Crippen LogP contribution in [-0.4, -0.2) is 67.5 Å². The molecule has 4 rings (SSSR count). The molecule has 0 spiro atoms. The van der Waals surface area contributed by atoms with Crippen LogP contribution in [0, 0.1) is 0 Å². The predicted octanol–water partition coefficient (Wildman–Crippen LogP) is 2.84. The van der Waals surface area contributed by atoms with Crippen LogP contribution in [0.3, 0.4) is 0 Å². The summed E-state index contributed by atoms with van der Waals surface area (Å²) in [6.07, 6.45) is 0.926. The fraction of sp³-hybridized carbons (Fsp3) is 0.391. The molecule has 0 radical (unpaired) electrons. The van der Waals surface area contributed by atoms with E-state index in [9.17, 15) is 9.59 Å². The molecule has 6 nitrogen and oxygen atoms in total. The van der Waals surface area contributed by atoms with E-state index in [1.54, 1.807) is 7.11 Å². The third-order valence-electron chi connectivity index (χ3n) is 5.93. The van der Waals surface area contributed by atoms with Gasteiger partial charge in [0.15, 0.2) is 0 Å². The quantitative estimate of drug-likeness (QED) is 0.663. The van der Waals surface area contributed by atoms with E-state index in [1.165, 1.54) is 4.90 Å². The Balaban J connectivity index is 1.32. The van der Waals surface area contributed by atoms with E-state index >= 15 is 0 Å². The van der Waals surface area contributed by atoms with Gasteiger partial charge in [0.1, 0.15) is 5.75 Å². The number of anilines is 1. The van der Waals surface area contributed by atoms with Gasteiger partial charge in [0, 0.05) is 43.4 Å². The zero-order valence-electron chi connectivity index (χ0n) is 17.1. The van der Waals surface area contributed by atoms with Gasteiger partial charge in [0.2, 0.25) is 11.8 Å². The molecular weight excluding hydrogens is 402 g/mol. The molecule has 30 heavy (non-hydrogen) atoms. The molecule has 2 saturated heterocycles. The Morgan fingerprint density at radius 2 is 1.77 bits per heavy atom. The average Bonchev–Trinajstić information content (AvgIpc) is 3.06. The summed E-state index contributed by atoms with van der Waals surface area (Å²) in [5, 5.41) is 0.721. The van der Waals surface area contributed by atoms with Crippen LogP contribution in [0.1, 0.15) is 12.0 Å². The monoisotopic (exact) mass is 427 g/mol. The van der Waals surface area contributed by atoms with Crippen molar-refractivity contribution in [2.75, 3.05) is 44.7 Å². The second-order valence-electron chi connectivity index (χ2n) is 7.70. The zero-order valence-corrected chi connectivity index (χ0v) is 17.8. The predicted molar refractivity (Wildman–Crippen MR) is 117 cm³/mol. The topological polar surface area (TPSA) is 53.1 Å². The fourth-order valence-corrected chi connectivity index (χ4v) is 4.37. The molecule has 1 atom stereocenters. The number of hydrogen-bond acceptors (Lipinski definition) is 5. The highest BCUT2D eigenvalue weighted by molar-refractivity contribution is 6.30. The maximum atomic E-state index is 12.9. The molecule has 0 saturated carbocycles. The lowest BCUT2D eigenvalue weighted by atomic mass is 10.1. The number of nitrogens with zero attached hydrogens (tertiary/aromatic N) is 3. The maximum Gasteiger partial charge on any atom is 0.247 e. The molecule has 2 heterocycles. The molecule has 0 N–H and O–H groups in total. The fourth-order valence-electron chi connectivity index (χ4n) is 4.18. The van der Waals surface area contributed by atoms with Crippen molar-refractivity contribution in [2.24, 2.45) is 0 Å². The van der Waals surface area contributed by atoms with Crippen molar-refractivity contribution < 1.29 is 14.3 Å². The molecule has 158 valence electrons. The minimum atomic E-state index is -0.338. The molecule has 0 bridgehead atoms. The summed E-state index contributed by atoms with van der Waals surface area (Å²) in [7, 11) is 1.63. The first kappa shape index (κ1) is 20.7. The zero-order chi connectivity index (χ0) is 21.1. The SMILES string of the molecule is COc1ccc(CCN2C(=O)C[C@@H](N3CCN(c4cccc(Cl)c4)CC3)C2=O)cc1. The first-order chi connectivity index (χ1) is 14.5. The molecule has 7 heteroatoms. The number of methoxy groups -OCH3 is 1. The van der Waals surface area contributed by atoms with Crippen LogP contribution in [-0.2, 0) is 16.0 Å². The molecule has 2 fully saturated rings. The number of carbonyl (C=O) groups is 2. The molecule has 2 aromatic rings. The Bertz CT molecular complexity index is 910. The number of rotatable bonds is 6. The van der Waals surface area contributed by atoms with E-state index in [2.05, 4.69) is 9.80 Å². The number of likely N-dealkylation sites (tertiary alicyclic amines) is 1. The molecule has 0 aliphatic carbocycles. The maximum absolute atomic E-state index is 12.9. The van der Waals surface area contributed by atoms with E-state index in [1.807, 2.05) is 48.5 Å². The summed E-state index contributed by atoms with van der Waals surface area (Å²) in [6, 6.07) is 15.2. The number of hydrogen-bond donors (Lipinski definition) is 0. The Kier molecular flexibility index (Phi) is 6.25. The first-order valence-electron chi connectivity index (χ1n) is 10.3. The number of piperazine rings is 1. The summed E-state index contributed by atoms with van der Waals surface area (Å²) in [5.41, 5.74) is 2.17. The van der Waals surface area contributed by atoms with Gasteiger partial charge in [-0.1, -0.05) is 29.8 Å². The molecule has 2 aromatic carbocycles. The minimum Gasteiger partial charge on any atom is -0.497 e. The van der Waals surface area contributed by atoms with Crippen LogP contribution in [0.4, 0.5) is 5.69 Å². The van der Waals surface area contributed by atoms with E-state index in [-0.39, 0.29) is 24.3 Å². The highest BCUT2D eigenvalue weighted by Gasteiger charge is 2.42. The number of ether oxygens (including phenoxy) is 1. The van der Waals surface area contributed by atoms with Crippen LogP contribution in [0.25, 0.3) is 0 Å². The molecule has 2 amide bonds. The number of imide groups is 1. The van der Waals surface area contributed by atoms with E-state index in [4.69, 9.17) is 16.3 Å². The Morgan fingerprint density at radius 3 is 2.43 bits per heavy atom. The van der Waals surface area contributed by atoms with Gasteiger partial charge >= 0.3 is 0 Å². The first-order valence-corrected chi connectivity index (χ1v) is 10.6. The minimum absolute atomic E-state index is 0.0651. The van der Waals surface area contributed by atoms with Gasteiger partial charge in [-0.2, -0.15) is 0 Å². The molecule has 2 aliphatic heterocycles. The highest BCUT2D eigenvalue weighted by atomic mass is 35.5. The van der Waals surface area contributed by atoms with Crippen LogP contribution in [0.15, 0.2) is 48.5 Å². The van der Waals surface area contributed by atoms with Crippen LogP contribution >= 0.6 is 11.6 Å². The Morgan fingerprint density at radius 1 is 1.03 bits per heavy atom. The number of amides is 2. The van der Waals surface area contributed by atoms with Gasteiger partial charge in [-0.3, -0.25) is 19.4 Å². The summed E-state index contributed by atoms with van der Waals surface area (Å²) in [6.45, 7) is 3.54. The number of halogens is 1. The van der Waals surface area contributed by atoms with Crippen molar-refractivity contribution in [3.63, 3.8) is 0 Å². The standard InChI is InChI=1S/C23H26ClN3O3/c1-30-20-7-5-17(6-8-20)9-10-27-22(28)16-21(23(27)29)26-13-11-25(12-14-26)19-4-2-3-18(24)15-19/h2-8,15,21H,9-14,16H2,1H3/t21-/m1/s1. The van der Waals surface area contributed by atoms with Crippen molar-refractivity contribution >= 4 is 29.1 Å². The lowest BCUT2D eigenvalue weighted by Crippen LogP contribution is -2.52. The molecule has 2 aliphatic rings. The lowest BCUT2D eigenvalue weighted by Gasteiger charge is -2.38. The largest absolute Gasteiger partial charge is 0.497 e. The molecular formula is C23H26ClN3O3. The third-order valence-corrected chi connectivity index (χ3v) is 6.17. The lowest BCUT2D eigenvalue weighted by molar-refractivity contribution is -0.139. The van der Waals surface area contributed by atoms with Crippen molar-refractivity contribution in [3.8, 4) is 5.75 Å². The van der Waals surface area contributed by atoms with Gasteiger partial charge in [-0.05, 0) is 42.3 Å². The summed E-state index contributed by atoms with van der Waals surface area (Å²) >= 11 is 6.11. The van der Waals surface area contributed by atoms with Gasteiger partial charge in [0.05, 0.1) is 19.6 Å². The molecule has 0 aromatic heterocycles. The van der Waals surface area contributed by atoms with E-state index in [0.717, 1.165) is 48.2 Å². The summed E-state index contributed by atoms with van der Waals surface area (Å²) in [5.74, 6) is 0.657. The second kappa shape index (κ2) is 9.06. The molecule has 0 unspecified atom stereocenters. The summed E-state index contributed by atoms with van der Waals surface area (Å²) < 4.78 is 5.17. The van der Waals surface area contributed by atoms with Crippen LogP contribution < -0.4 is 9.64 Å². The smallest absolute Gasteiger partial charge is 0.247 e. The van der Waals surface area contributed by atoms with Crippen LogP contribution in [0.2, 0.25) is 5.02 Å². The van der Waals surface area contributed by atoms with Crippen molar-refractivity contribution in [3.05, 3.63) is 59.1 Å². The van der Waals surface area contributed by atoms with Gasteiger partial charge in [0.25, 0.3) is 0 Å². The average molecular weight is 428 g/mol. The van der Waals surface area contributed by atoms with Crippen molar-refractivity contribution in [1.82, 2.24) is 9.80 Å².